The normalized spacial score (nSPS) is 9.76. The molecule has 0 bridgehead atoms. The quantitative estimate of drug-likeness (QED) is 0.517. The first-order valence-electron chi connectivity index (χ1n) is 9.73. The molecule has 0 aliphatic rings. The van der Waals surface area contributed by atoms with Crippen molar-refractivity contribution in [3.63, 3.8) is 0 Å². The Morgan fingerprint density at radius 3 is 2.24 bits per heavy atom. The molecule has 1 aromatic heterocycles. The molecule has 0 saturated heterocycles. The largest absolute Gasteiger partial charge is 0.489 e. The number of benzene rings is 2. The van der Waals surface area contributed by atoms with Gasteiger partial charge in [-0.25, -0.2) is 0 Å². The van der Waals surface area contributed by atoms with E-state index in [1.807, 2.05) is 64.1 Å². The van der Waals surface area contributed by atoms with Crippen LogP contribution in [-0.2, 0) is 13.0 Å². The van der Waals surface area contributed by atoms with Crippen molar-refractivity contribution in [3.8, 4) is 11.8 Å². The summed E-state index contributed by atoms with van der Waals surface area (Å²) in [4.78, 5) is 17.0. The van der Waals surface area contributed by atoms with Crippen molar-refractivity contribution in [2.45, 2.75) is 40.7 Å². The van der Waals surface area contributed by atoms with Gasteiger partial charge in [-0.1, -0.05) is 38.1 Å². The first-order chi connectivity index (χ1) is 14.0. The minimum Gasteiger partial charge on any atom is -0.489 e. The lowest BCUT2D eigenvalue weighted by atomic mass is 10.0. The number of hydrogen-bond donors (Lipinski definition) is 0. The van der Waals surface area contributed by atoms with Crippen LogP contribution in [0, 0.1) is 25.2 Å². The highest BCUT2D eigenvalue weighted by atomic mass is 16.5. The van der Waals surface area contributed by atoms with E-state index in [1.165, 1.54) is 0 Å². The van der Waals surface area contributed by atoms with Crippen molar-refractivity contribution >= 4 is 5.78 Å². The first-order valence-corrected chi connectivity index (χ1v) is 9.73. The molecular weight excluding hydrogens is 360 g/mol. The number of nitriles is 1. The van der Waals surface area contributed by atoms with Crippen LogP contribution >= 0.6 is 0 Å². The average molecular weight is 386 g/mol. The Balaban J connectivity index is 0.00000145. The molecule has 0 aliphatic heterocycles. The number of aromatic nitrogens is 1. The fourth-order valence-corrected chi connectivity index (χ4v) is 2.91. The Bertz CT molecular complexity index is 982. The number of aryl methyl sites for hydroxylation is 2. The maximum Gasteiger partial charge on any atom is 0.167 e. The number of rotatable bonds is 6. The number of pyridine rings is 1. The molecule has 0 fully saturated rings. The van der Waals surface area contributed by atoms with Gasteiger partial charge in [0.1, 0.15) is 12.4 Å². The smallest absolute Gasteiger partial charge is 0.167 e. The summed E-state index contributed by atoms with van der Waals surface area (Å²) in [6.07, 6.45) is 0.337. The van der Waals surface area contributed by atoms with Gasteiger partial charge >= 0.3 is 0 Å². The first kappa shape index (κ1) is 21.8. The van der Waals surface area contributed by atoms with Crippen LogP contribution in [0.3, 0.4) is 0 Å². The Hall–Kier alpha value is -3.45. The van der Waals surface area contributed by atoms with E-state index in [1.54, 1.807) is 24.3 Å². The van der Waals surface area contributed by atoms with Gasteiger partial charge in [0, 0.05) is 23.4 Å². The SMILES string of the molecule is CC.Cc1cc(CC(=O)c2cccc(OCc3ccc(C#N)cc3)c2)cc(C)n1. The van der Waals surface area contributed by atoms with Crippen molar-refractivity contribution < 1.29 is 9.53 Å². The van der Waals surface area contributed by atoms with E-state index in [9.17, 15) is 4.79 Å². The third-order valence-corrected chi connectivity index (χ3v) is 4.15. The number of carbonyl (C=O) groups is 1. The van der Waals surface area contributed by atoms with Crippen LogP contribution in [0.25, 0.3) is 0 Å². The van der Waals surface area contributed by atoms with Crippen molar-refractivity contribution in [1.82, 2.24) is 4.98 Å². The molecule has 0 amide bonds. The second-order valence-corrected chi connectivity index (χ2v) is 6.48. The summed E-state index contributed by atoms with van der Waals surface area (Å²) in [5.41, 5.74) is 5.00. The Kier molecular flexibility index (Phi) is 8.12. The molecular formula is C25H26N2O2. The van der Waals surface area contributed by atoms with Gasteiger partial charge in [-0.2, -0.15) is 5.26 Å². The summed E-state index contributed by atoms with van der Waals surface area (Å²) < 4.78 is 5.80. The molecule has 4 heteroatoms. The van der Waals surface area contributed by atoms with E-state index in [-0.39, 0.29) is 5.78 Å². The standard InChI is InChI=1S/C23H20N2O2.C2H6/c1-16-10-20(11-17(2)25-16)12-23(26)21-4-3-5-22(13-21)27-15-19-8-6-18(14-24)7-9-19;1-2/h3-11,13H,12,15H2,1-2H3;1-2H3. The van der Waals surface area contributed by atoms with Gasteiger partial charge in [-0.3, -0.25) is 9.78 Å². The third kappa shape index (κ3) is 6.58. The lowest BCUT2D eigenvalue weighted by Gasteiger charge is -2.09. The van der Waals surface area contributed by atoms with E-state index in [0.29, 0.717) is 29.9 Å². The van der Waals surface area contributed by atoms with E-state index in [2.05, 4.69) is 11.1 Å². The Morgan fingerprint density at radius 1 is 0.966 bits per heavy atom. The third-order valence-electron chi connectivity index (χ3n) is 4.15. The van der Waals surface area contributed by atoms with Crippen molar-refractivity contribution in [1.29, 1.82) is 5.26 Å². The molecule has 148 valence electrons. The van der Waals surface area contributed by atoms with Crippen molar-refractivity contribution in [2.24, 2.45) is 0 Å². The summed E-state index contributed by atoms with van der Waals surface area (Å²) >= 11 is 0. The summed E-state index contributed by atoms with van der Waals surface area (Å²) in [5, 5.41) is 8.84. The number of carbonyl (C=O) groups excluding carboxylic acids is 1. The average Bonchev–Trinajstić information content (AvgIpc) is 2.73. The highest BCUT2D eigenvalue weighted by molar-refractivity contribution is 5.97. The second-order valence-electron chi connectivity index (χ2n) is 6.48. The van der Waals surface area contributed by atoms with Crippen LogP contribution in [0.2, 0.25) is 0 Å². The summed E-state index contributed by atoms with van der Waals surface area (Å²) in [6, 6.07) is 20.5. The zero-order valence-electron chi connectivity index (χ0n) is 17.4. The molecule has 0 saturated carbocycles. The van der Waals surface area contributed by atoms with E-state index >= 15 is 0 Å². The highest BCUT2D eigenvalue weighted by Gasteiger charge is 2.09. The van der Waals surface area contributed by atoms with Crippen LogP contribution in [0.5, 0.6) is 5.75 Å². The number of ketones is 1. The zero-order valence-corrected chi connectivity index (χ0v) is 17.4. The van der Waals surface area contributed by atoms with Crippen LogP contribution < -0.4 is 4.74 Å². The maximum atomic E-state index is 12.6. The van der Waals surface area contributed by atoms with Gasteiger partial charge in [0.15, 0.2) is 5.78 Å². The molecule has 0 atom stereocenters. The summed E-state index contributed by atoms with van der Waals surface area (Å²) in [7, 11) is 0. The minimum atomic E-state index is 0.0452. The zero-order chi connectivity index (χ0) is 21.2. The predicted octanol–water partition coefficient (Wildman–Crippen LogP) is 5.60. The van der Waals surface area contributed by atoms with Gasteiger partial charge in [0.2, 0.25) is 0 Å². The molecule has 0 radical (unpaired) electrons. The lowest BCUT2D eigenvalue weighted by Crippen LogP contribution is -2.05. The molecule has 0 spiro atoms. The molecule has 0 unspecified atom stereocenters. The van der Waals surface area contributed by atoms with Gasteiger partial charge < -0.3 is 4.74 Å². The highest BCUT2D eigenvalue weighted by Crippen LogP contribution is 2.18. The second kappa shape index (κ2) is 10.8. The van der Waals surface area contributed by atoms with Gasteiger partial charge in [-0.15, -0.1) is 0 Å². The number of nitrogens with zero attached hydrogens (tertiary/aromatic N) is 2. The van der Waals surface area contributed by atoms with Crippen LogP contribution in [-0.4, -0.2) is 10.8 Å². The van der Waals surface area contributed by atoms with E-state index in [0.717, 1.165) is 22.5 Å². The predicted molar refractivity (Wildman–Crippen MR) is 115 cm³/mol. The molecule has 3 rings (SSSR count). The molecule has 3 aromatic rings. The number of ether oxygens (including phenoxy) is 1. The summed E-state index contributed by atoms with van der Waals surface area (Å²) in [6.45, 7) is 8.24. The molecule has 1 heterocycles. The molecule has 0 N–H and O–H groups in total. The molecule has 2 aromatic carbocycles. The van der Waals surface area contributed by atoms with Gasteiger partial charge in [0.25, 0.3) is 0 Å². The fourth-order valence-electron chi connectivity index (χ4n) is 2.91. The Labute approximate surface area is 172 Å². The fraction of sp³-hybridized carbons (Fsp3) is 0.240. The number of hydrogen-bond acceptors (Lipinski definition) is 4. The monoisotopic (exact) mass is 386 g/mol. The van der Waals surface area contributed by atoms with Crippen LogP contribution in [0.1, 0.15) is 52.3 Å². The lowest BCUT2D eigenvalue weighted by molar-refractivity contribution is 0.0992. The van der Waals surface area contributed by atoms with Crippen molar-refractivity contribution in [2.75, 3.05) is 0 Å². The Morgan fingerprint density at radius 2 is 1.62 bits per heavy atom. The van der Waals surface area contributed by atoms with Gasteiger partial charge in [0.05, 0.1) is 11.6 Å². The minimum absolute atomic E-state index is 0.0452. The molecule has 4 nitrogen and oxygen atoms in total. The van der Waals surface area contributed by atoms with Gasteiger partial charge in [-0.05, 0) is 61.4 Å². The summed E-state index contributed by atoms with van der Waals surface area (Å²) in [5.74, 6) is 0.691. The topological polar surface area (TPSA) is 63.0 Å². The van der Waals surface area contributed by atoms with Crippen LogP contribution in [0.15, 0.2) is 60.7 Å². The maximum absolute atomic E-state index is 12.6. The van der Waals surface area contributed by atoms with Crippen molar-refractivity contribution in [3.05, 3.63) is 94.3 Å². The van der Waals surface area contributed by atoms with E-state index < -0.39 is 0 Å². The molecule has 0 aliphatic carbocycles. The molecule has 29 heavy (non-hydrogen) atoms. The van der Waals surface area contributed by atoms with Crippen LogP contribution in [0.4, 0.5) is 0 Å². The van der Waals surface area contributed by atoms with E-state index in [4.69, 9.17) is 10.00 Å². The number of Topliss-reactive ketones (excluding diaryl/α,β-unsaturated/α-hetero) is 1.